The van der Waals surface area contributed by atoms with Crippen molar-refractivity contribution < 1.29 is 0 Å². The number of aryl methyl sites for hydroxylation is 1. The van der Waals surface area contributed by atoms with Gasteiger partial charge in [-0.25, -0.2) is 9.97 Å². The highest BCUT2D eigenvalue weighted by atomic mass is 14.9. The molecule has 3 nitrogen and oxygen atoms in total. The molecule has 8 aromatic rings. The van der Waals surface area contributed by atoms with Crippen LogP contribution in [0.4, 0.5) is 0 Å². The first kappa shape index (κ1) is 29.9. The summed E-state index contributed by atoms with van der Waals surface area (Å²) < 4.78 is 0. The van der Waals surface area contributed by atoms with Crippen LogP contribution >= 0.6 is 0 Å². The minimum absolute atomic E-state index is 0.687. The van der Waals surface area contributed by atoms with E-state index in [0.29, 0.717) is 5.82 Å². The molecule has 232 valence electrons. The molecule has 0 amide bonds. The molecule has 6 aromatic carbocycles. The monoisotopic (exact) mass is 627 g/mol. The zero-order valence-electron chi connectivity index (χ0n) is 27.2. The van der Waals surface area contributed by atoms with Crippen LogP contribution in [0.2, 0.25) is 0 Å². The van der Waals surface area contributed by atoms with Gasteiger partial charge in [0.05, 0.1) is 11.4 Å². The van der Waals surface area contributed by atoms with Crippen LogP contribution in [0.1, 0.15) is 5.69 Å². The van der Waals surface area contributed by atoms with E-state index in [9.17, 15) is 0 Å². The van der Waals surface area contributed by atoms with Crippen LogP contribution in [0, 0.1) is 6.92 Å². The highest BCUT2D eigenvalue weighted by Gasteiger charge is 2.14. The van der Waals surface area contributed by atoms with E-state index in [4.69, 9.17) is 9.97 Å². The van der Waals surface area contributed by atoms with Crippen LogP contribution < -0.4 is 0 Å². The van der Waals surface area contributed by atoms with E-state index in [0.717, 1.165) is 67.2 Å². The van der Waals surface area contributed by atoms with Crippen molar-refractivity contribution in [3.8, 4) is 78.4 Å². The van der Waals surface area contributed by atoms with Gasteiger partial charge in [-0.15, -0.1) is 0 Å². The molecule has 0 fully saturated rings. The summed E-state index contributed by atoms with van der Waals surface area (Å²) in [6.07, 6.45) is 1.93. The number of aromatic nitrogens is 3. The first-order valence-corrected chi connectivity index (χ1v) is 16.5. The van der Waals surface area contributed by atoms with Gasteiger partial charge in [0, 0.05) is 34.1 Å². The van der Waals surface area contributed by atoms with E-state index in [1.807, 2.05) is 55.6 Å². The molecule has 2 heterocycles. The van der Waals surface area contributed by atoms with Crippen molar-refractivity contribution in [2.45, 2.75) is 6.92 Å². The Morgan fingerprint density at radius 3 is 1.12 bits per heavy atom. The SMILES string of the molecule is Cc1ccc(-c2ccc(-c3cc(-c4ccc(-c5ccccc5)cc4)cc(-c4nc(-c5ccccc5)cc(-c5ccccc5)n4)c3)cc2)cn1. The van der Waals surface area contributed by atoms with E-state index in [2.05, 4.69) is 138 Å². The molecule has 0 N–H and O–H groups in total. The molecular formula is C46H33N3. The van der Waals surface area contributed by atoms with Gasteiger partial charge >= 0.3 is 0 Å². The van der Waals surface area contributed by atoms with E-state index < -0.39 is 0 Å². The summed E-state index contributed by atoms with van der Waals surface area (Å²) in [6.45, 7) is 2.01. The minimum atomic E-state index is 0.687. The molecule has 3 heteroatoms. The molecule has 0 spiro atoms. The molecule has 0 radical (unpaired) electrons. The quantitative estimate of drug-likeness (QED) is 0.176. The number of hydrogen-bond acceptors (Lipinski definition) is 3. The van der Waals surface area contributed by atoms with Crippen molar-refractivity contribution in [1.29, 1.82) is 0 Å². The van der Waals surface area contributed by atoms with Gasteiger partial charge in [0.15, 0.2) is 5.82 Å². The number of nitrogens with zero attached hydrogens (tertiary/aromatic N) is 3. The predicted molar refractivity (Wildman–Crippen MR) is 203 cm³/mol. The van der Waals surface area contributed by atoms with E-state index in [-0.39, 0.29) is 0 Å². The van der Waals surface area contributed by atoms with E-state index in [1.54, 1.807) is 0 Å². The number of rotatable bonds is 7. The molecule has 0 aliphatic heterocycles. The van der Waals surface area contributed by atoms with E-state index >= 15 is 0 Å². The first-order chi connectivity index (χ1) is 24.2. The Morgan fingerprint density at radius 2 is 0.673 bits per heavy atom. The lowest BCUT2D eigenvalue weighted by atomic mass is 9.93. The molecule has 0 unspecified atom stereocenters. The summed E-state index contributed by atoms with van der Waals surface area (Å²) in [5, 5.41) is 0. The second-order valence-corrected chi connectivity index (χ2v) is 12.2. The Labute approximate surface area is 287 Å². The fraction of sp³-hybridized carbons (Fsp3) is 0.0217. The standard InChI is InChI=1S/C46H33N3/c1-32-17-18-40(31-47-32)35-21-25-37(26-22-35)42-27-41(36-23-19-34(20-24-36)33-11-5-2-6-12-33)28-43(29-42)46-48-44(38-13-7-3-8-14-38)30-45(49-46)39-15-9-4-10-16-39/h2-31H,1H3. The Hall–Kier alpha value is -6.45. The summed E-state index contributed by atoms with van der Waals surface area (Å²) in [5.41, 5.74) is 14.9. The highest BCUT2D eigenvalue weighted by Crippen LogP contribution is 2.35. The van der Waals surface area contributed by atoms with Crippen LogP contribution in [-0.2, 0) is 0 Å². The normalized spacial score (nSPS) is 11.0. The smallest absolute Gasteiger partial charge is 0.160 e. The van der Waals surface area contributed by atoms with Gasteiger partial charge in [-0.1, -0.05) is 146 Å². The van der Waals surface area contributed by atoms with Crippen molar-refractivity contribution >= 4 is 0 Å². The van der Waals surface area contributed by atoms with Crippen LogP contribution in [0.3, 0.4) is 0 Å². The van der Waals surface area contributed by atoms with Crippen LogP contribution in [0.15, 0.2) is 182 Å². The van der Waals surface area contributed by atoms with Crippen LogP contribution in [0.25, 0.3) is 78.4 Å². The number of pyridine rings is 1. The van der Waals surface area contributed by atoms with Crippen molar-refractivity contribution in [3.05, 3.63) is 188 Å². The summed E-state index contributed by atoms with van der Waals surface area (Å²) in [4.78, 5) is 14.8. The summed E-state index contributed by atoms with van der Waals surface area (Å²) in [5.74, 6) is 0.687. The number of benzene rings is 6. The zero-order valence-corrected chi connectivity index (χ0v) is 27.2. The average Bonchev–Trinajstić information content (AvgIpc) is 3.19. The van der Waals surface area contributed by atoms with Crippen LogP contribution in [0.5, 0.6) is 0 Å². The number of hydrogen-bond donors (Lipinski definition) is 0. The summed E-state index contributed by atoms with van der Waals surface area (Å²) in [7, 11) is 0. The molecule has 0 saturated heterocycles. The predicted octanol–water partition coefficient (Wildman–Crippen LogP) is 11.8. The van der Waals surface area contributed by atoms with Crippen molar-refractivity contribution in [2.75, 3.05) is 0 Å². The molecule has 0 atom stereocenters. The minimum Gasteiger partial charge on any atom is -0.261 e. The Bertz CT molecular complexity index is 2270. The third-order valence-electron chi connectivity index (χ3n) is 8.84. The second kappa shape index (κ2) is 13.3. The van der Waals surface area contributed by atoms with Gasteiger partial charge in [0.1, 0.15) is 0 Å². The van der Waals surface area contributed by atoms with Crippen molar-refractivity contribution in [3.63, 3.8) is 0 Å². The zero-order chi connectivity index (χ0) is 33.0. The molecule has 0 bridgehead atoms. The maximum absolute atomic E-state index is 5.17. The Balaban J connectivity index is 1.27. The first-order valence-electron chi connectivity index (χ1n) is 16.5. The van der Waals surface area contributed by atoms with E-state index in [1.165, 1.54) is 11.1 Å². The summed E-state index contributed by atoms with van der Waals surface area (Å²) >= 11 is 0. The van der Waals surface area contributed by atoms with Crippen LogP contribution in [-0.4, -0.2) is 15.0 Å². The van der Waals surface area contributed by atoms with Crippen molar-refractivity contribution in [2.24, 2.45) is 0 Å². The van der Waals surface area contributed by atoms with Gasteiger partial charge in [0.25, 0.3) is 0 Å². The lowest BCUT2D eigenvalue weighted by Gasteiger charge is -2.14. The van der Waals surface area contributed by atoms with Gasteiger partial charge in [-0.05, 0) is 76.2 Å². The van der Waals surface area contributed by atoms with Gasteiger partial charge < -0.3 is 0 Å². The maximum atomic E-state index is 5.17. The second-order valence-electron chi connectivity index (χ2n) is 12.2. The highest BCUT2D eigenvalue weighted by molar-refractivity contribution is 5.82. The van der Waals surface area contributed by atoms with Crippen molar-refractivity contribution in [1.82, 2.24) is 15.0 Å². The Kier molecular flexibility index (Phi) is 8.15. The molecule has 0 aliphatic rings. The Morgan fingerprint density at radius 1 is 0.306 bits per heavy atom. The molecule has 0 saturated carbocycles. The van der Waals surface area contributed by atoms with Gasteiger partial charge in [-0.2, -0.15) is 0 Å². The molecule has 8 rings (SSSR count). The lowest BCUT2D eigenvalue weighted by molar-refractivity contribution is 1.18. The molecular weight excluding hydrogens is 595 g/mol. The average molecular weight is 628 g/mol. The molecule has 0 aliphatic carbocycles. The molecule has 49 heavy (non-hydrogen) atoms. The topological polar surface area (TPSA) is 38.7 Å². The third-order valence-corrected chi connectivity index (χ3v) is 8.84. The lowest BCUT2D eigenvalue weighted by Crippen LogP contribution is -1.97. The largest absolute Gasteiger partial charge is 0.261 e. The maximum Gasteiger partial charge on any atom is 0.160 e. The van der Waals surface area contributed by atoms with Gasteiger partial charge in [0.2, 0.25) is 0 Å². The fourth-order valence-corrected chi connectivity index (χ4v) is 6.16. The molecule has 2 aromatic heterocycles. The third kappa shape index (κ3) is 6.56. The fourth-order valence-electron chi connectivity index (χ4n) is 6.16. The summed E-state index contributed by atoms with van der Waals surface area (Å²) in [6, 6.07) is 61.6. The van der Waals surface area contributed by atoms with Gasteiger partial charge in [-0.3, -0.25) is 4.98 Å².